The molecule has 23 heavy (non-hydrogen) atoms. The summed E-state index contributed by atoms with van der Waals surface area (Å²) in [5, 5.41) is 6.11. The van der Waals surface area contributed by atoms with E-state index < -0.39 is 0 Å². The highest BCUT2D eigenvalue weighted by Gasteiger charge is 2.13. The fraction of sp³-hybridized carbons (Fsp3) is 0.294. The van der Waals surface area contributed by atoms with E-state index in [9.17, 15) is 4.79 Å². The number of nitrogens with one attached hydrogen (secondary N) is 1. The van der Waals surface area contributed by atoms with Crippen molar-refractivity contribution >= 4 is 28.6 Å². The zero-order valence-electron chi connectivity index (χ0n) is 13.3. The molecule has 6 heteroatoms. The Bertz CT molecular complexity index is 829. The minimum atomic E-state index is -0.0775. The van der Waals surface area contributed by atoms with Crippen LogP contribution in [0, 0.1) is 20.8 Å². The van der Waals surface area contributed by atoms with Crippen molar-refractivity contribution in [2.45, 2.75) is 27.2 Å². The van der Waals surface area contributed by atoms with Gasteiger partial charge in [0.25, 0.3) is 5.91 Å². The molecule has 3 rings (SSSR count). The van der Waals surface area contributed by atoms with Gasteiger partial charge in [-0.25, -0.2) is 4.98 Å². The van der Waals surface area contributed by atoms with Crippen molar-refractivity contribution in [3.8, 4) is 10.6 Å². The second-order valence-electron chi connectivity index (χ2n) is 5.35. The summed E-state index contributed by atoms with van der Waals surface area (Å²) in [5.74, 6) is 1.35. The molecule has 1 N–H and O–H groups in total. The topological polar surface area (TPSA) is 55.1 Å². The smallest absolute Gasteiger partial charge is 0.254 e. The van der Waals surface area contributed by atoms with Gasteiger partial charge in [-0.15, -0.1) is 22.7 Å². The SMILES string of the molecule is Cc1cc(C(=O)NCCc2ccc(-c3csc(C)n3)s2)c(C)o1. The zero-order chi connectivity index (χ0) is 16.4. The number of rotatable bonds is 5. The van der Waals surface area contributed by atoms with Crippen molar-refractivity contribution in [1.29, 1.82) is 0 Å². The fourth-order valence-corrected chi connectivity index (χ4v) is 4.03. The lowest BCUT2D eigenvalue weighted by Crippen LogP contribution is -2.25. The van der Waals surface area contributed by atoms with E-state index in [1.54, 1.807) is 28.7 Å². The van der Waals surface area contributed by atoms with E-state index in [0.717, 1.165) is 22.9 Å². The van der Waals surface area contributed by atoms with Gasteiger partial charge in [0.15, 0.2) is 0 Å². The molecule has 0 saturated heterocycles. The van der Waals surface area contributed by atoms with E-state index in [0.29, 0.717) is 17.9 Å². The quantitative estimate of drug-likeness (QED) is 0.747. The molecule has 0 atom stereocenters. The number of nitrogens with zero attached hydrogens (tertiary/aromatic N) is 1. The summed E-state index contributed by atoms with van der Waals surface area (Å²) < 4.78 is 5.39. The molecular weight excluding hydrogens is 328 g/mol. The first-order chi connectivity index (χ1) is 11.0. The average molecular weight is 346 g/mol. The van der Waals surface area contributed by atoms with E-state index in [2.05, 4.69) is 27.8 Å². The van der Waals surface area contributed by atoms with Gasteiger partial charge >= 0.3 is 0 Å². The molecule has 3 aromatic rings. The van der Waals surface area contributed by atoms with Crippen LogP contribution in [0.5, 0.6) is 0 Å². The Morgan fingerprint density at radius 2 is 2.13 bits per heavy atom. The van der Waals surface area contributed by atoms with Crippen molar-refractivity contribution in [3.63, 3.8) is 0 Å². The van der Waals surface area contributed by atoms with Gasteiger partial charge in [-0.3, -0.25) is 4.79 Å². The number of carbonyl (C=O) groups excluding carboxylic acids is 1. The molecule has 0 aliphatic carbocycles. The number of thiazole rings is 1. The monoisotopic (exact) mass is 346 g/mol. The maximum atomic E-state index is 12.1. The molecule has 0 saturated carbocycles. The van der Waals surface area contributed by atoms with Crippen LogP contribution < -0.4 is 5.32 Å². The predicted octanol–water partition coefficient (Wildman–Crippen LogP) is 4.36. The van der Waals surface area contributed by atoms with Gasteiger partial charge in [0.1, 0.15) is 11.5 Å². The molecule has 3 aromatic heterocycles. The van der Waals surface area contributed by atoms with Crippen molar-refractivity contribution in [1.82, 2.24) is 10.3 Å². The third-order valence-electron chi connectivity index (χ3n) is 3.48. The molecule has 4 nitrogen and oxygen atoms in total. The lowest BCUT2D eigenvalue weighted by atomic mass is 10.2. The van der Waals surface area contributed by atoms with Crippen LogP contribution in [-0.2, 0) is 6.42 Å². The molecule has 3 heterocycles. The van der Waals surface area contributed by atoms with Crippen LogP contribution in [0.25, 0.3) is 10.6 Å². The highest BCUT2D eigenvalue weighted by molar-refractivity contribution is 7.16. The number of thiophene rings is 1. The molecule has 0 spiro atoms. The first-order valence-corrected chi connectivity index (χ1v) is 9.09. The van der Waals surface area contributed by atoms with E-state index >= 15 is 0 Å². The lowest BCUT2D eigenvalue weighted by Gasteiger charge is -2.02. The Morgan fingerprint density at radius 3 is 2.78 bits per heavy atom. The molecular formula is C17H18N2O2S2. The van der Waals surface area contributed by atoms with Gasteiger partial charge in [-0.05, 0) is 45.4 Å². The minimum absolute atomic E-state index is 0.0775. The summed E-state index contributed by atoms with van der Waals surface area (Å²) >= 11 is 3.39. The minimum Gasteiger partial charge on any atom is -0.466 e. The molecule has 0 radical (unpaired) electrons. The zero-order valence-corrected chi connectivity index (χ0v) is 14.9. The maximum absolute atomic E-state index is 12.1. The van der Waals surface area contributed by atoms with Crippen LogP contribution in [0.15, 0.2) is 28.0 Å². The van der Waals surface area contributed by atoms with Gasteiger partial charge in [-0.1, -0.05) is 0 Å². The molecule has 0 aromatic carbocycles. The highest BCUT2D eigenvalue weighted by Crippen LogP contribution is 2.29. The highest BCUT2D eigenvalue weighted by atomic mass is 32.1. The Kier molecular flexibility index (Phi) is 4.63. The molecule has 0 aliphatic heterocycles. The average Bonchev–Trinajstić information content (AvgIpc) is 3.19. The number of hydrogen-bond donors (Lipinski definition) is 1. The van der Waals surface area contributed by atoms with E-state index in [1.165, 1.54) is 9.75 Å². The molecule has 0 aliphatic rings. The summed E-state index contributed by atoms with van der Waals surface area (Å²) in [6.45, 7) is 6.27. The normalized spacial score (nSPS) is 10.9. The predicted molar refractivity (Wildman–Crippen MR) is 94.4 cm³/mol. The first kappa shape index (κ1) is 16.0. The van der Waals surface area contributed by atoms with Crippen LogP contribution in [0.1, 0.15) is 31.8 Å². The molecule has 0 bridgehead atoms. The van der Waals surface area contributed by atoms with Gasteiger partial charge in [0.2, 0.25) is 0 Å². The van der Waals surface area contributed by atoms with Crippen LogP contribution in [0.4, 0.5) is 0 Å². The van der Waals surface area contributed by atoms with Gasteiger partial charge in [0.05, 0.1) is 21.1 Å². The Labute approximate surface area is 143 Å². The summed E-state index contributed by atoms with van der Waals surface area (Å²) in [7, 11) is 0. The van der Waals surface area contributed by atoms with Crippen LogP contribution >= 0.6 is 22.7 Å². The van der Waals surface area contributed by atoms with Gasteiger partial charge < -0.3 is 9.73 Å². The third-order valence-corrected chi connectivity index (χ3v) is 5.42. The Balaban J connectivity index is 1.56. The third kappa shape index (κ3) is 3.71. The number of furan rings is 1. The molecule has 0 unspecified atom stereocenters. The van der Waals surface area contributed by atoms with E-state index in [4.69, 9.17) is 4.42 Å². The number of amides is 1. The molecule has 120 valence electrons. The molecule has 0 fully saturated rings. The summed E-state index contributed by atoms with van der Waals surface area (Å²) in [6.07, 6.45) is 0.815. The lowest BCUT2D eigenvalue weighted by molar-refractivity contribution is 0.0952. The standard InChI is InChI=1S/C17H18N2O2S2/c1-10-8-14(11(2)21-10)17(20)18-7-6-13-4-5-16(23-13)15-9-22-12(3)19-15/h4-5,8-9H,6-7H2,1-3H3,(H,18,20). The summed E-state index contributed by atoms with van der Waals surface area (Å²) in [4.78, 5) is 19.0. The van der Waals surface area contributed by atoms with Crippen LogP contribution in [0.3, 0.4) is 0 Å². The number of carbonyl (C=O) groups is 1. The summed E-state index contributed by atoms with van der Waals surface area (Å²) in [5.41, 5.74) is 1.66. The van der Waals surface area contributed by atoms with E-state index in [-0.39, 0.29) is 5.91 Å². The van der Waals surface area contributed by atoms with Crippen molar-refractivity contribution in [3.05, 3.63) is 50.5 Å². The van der Waals surface area contributed by atoms with Crippen molar-refractivity contribution in [2.75, 3.05) is 6.54 Å². The second-order valence-corrected chi connectivity index (χ2v) is 7.58. The first-order valence-electron chi connectivity index (χ1n) is 7.39. The number of hydrogen-bond acceptors (Lipinski definition) is 5. The van der Waals surface area contributed by atoms with Gasteiger partial charge in [0, 0.05) is 16.8 Å². The molecule has 1 amide bonds. The van der Waals surface area contributed by atoms with Crippen LogP contribution in [-0.4, -0.2) is 17.4 Å². The van der Waals surface area contributed by atoms with Crippen LogP contribution in [0.2, 0.25) is 0 Å². The Morgan fingerprint density at radius 1 is 1.30 bits per heavy atom. The van der Waals surface area contributed by atoms with Crippen molar-refractivity contribution < 1.29 is 9.21 Å². The maximum Gasteiger partial charge on any atom is 0.254 e. The second kappa shape index (κ2) is 6.68. The van der Waals surface area contributed by atoms with Gasteiger partial charge in [-0.2, -0.15) is 0 Å². The fourth-order valence-electron chi connectivity index (χ4n) is 2.38. The number of aromatic nitrogens is 1. The Hall–Kier alpha value is -1.92. The van der Waals surface area contributed by atoms with Crippen molar-refractivity contribution in [2.24, 2.45) is 0 Å². The summed E-state index contributed by atoms with van der Waals surface area (Å²) in [6, 6.07) is 5.98. The largest absolute Gasteiger partial charge is 0.466 e. The number of aryl methyl sites for hydroxylation is 3. The van der Waals surface area contributed by atoms with E-state index in [1.807, 2.05) is 20.8 Å².